The average Bonchev–Trinajstić information content (AvgIpc) is 2.35. The lowest BCUT2D eigenvalue weighted by atomic mass is 9.89. The second-order valence-electron chi connectivity index (χ2n) is 5.94. The molecule has 1 atom stereocenters. The fourth-order valence-electron chi connectivity index (χ4n) is 2.48. The monoisotopic (exact) mass is 250 g/mol. The van der Waals surface area contributed by atoms with Crippen LogP contribution < -0.4 is 0 Å². The van der Waals surface area contributed by atoms with E-state index in [0.717, 1.165) is 11.8 Å². The second kappa shape index (κ2) is 11.6. The summed E-state index contributed by atoms with van der Waals surface area (Å²) in [5.74, 6) is 1.79. The molecule has 0 bridgehead atoms. The molecule has 0 aromatic heterocycles. The third kappa shape index (κ3) is 9.50. The molecule has 0 saturated carbocycles. The van der Waals surface area contributed by atoms with E-state index in [1.54, 1.807) is 0 Å². The highest BCUT2D eigenvalue weighted by atomic mass is 14.1. The van der Waals surface area contributed by atoms with Crippen molar-refractivity contribution < 1.29 is 0 Å². The van der Waals surface area contributed by atoms with Crippen LogP contribution in [0.25, 0.3) is 0 Å². The number of rotatable bonds is 11. The van der Waals surface area contributed by atoms with Gasteiger partial charge >= 0.3 is 0 Å². The van der Waals surface area contributed by atoms with Crippen molar-refractivity contribution >= 4 is 0 Å². The van der Waals surface area contributed by atoms with E-state index in [2.05, 4.69) is 40.3 Å². The van der Waals surface area contributed by atoms with Crippen LogP contribution in [0.2, 0.25) is 0 Å². The molecule has 0 heterocycles. The van der Waals surface area contributed by atoms with Crippen molar-refractivity contribution in [2.45, 2.75) is 79.1 Å². The SMILES string of the molecule is C=CC(=CC)CCC(CCCC)CCCC(C)C. The summed E-state index contributed by atoms with van der Waals surface area (Å²) in [5.41, 5.74) is 1.42. The standard InChI is InChI=1S/C18H34/c1-6-9-12-18(13-10-11-16(4)5)15-14-17(7-2)8-3/h7-8,16,18H,2,6,9-15H2,1,3-5H3. The topological polar surface area (TPSA) is 0 Å². The van der Waals surface area contributed by atoms with Gasteiger partial charge in [-0.25, -0.2) is 0 Å². The number of allylic oxidation sites excluding steroid dienone is 3. The van der Waals surface area contributed by atoms with E-state index in [9.17, 15) is 0 Å². The number of hydrogen-bond donors (Lipinski definition) is 0. The molecule has 0 amide bonds. The largest absolute Gasteiger partial charge is 0.0988 e. The fraction of sp³-hybridized carbons (Fsp3) is 0.778. The number of unbranched alkanes of at least 4 members (excludes halogenated alkanes) is 1. The van der Waals surface area contributed by atoms with Crippen LogP contribution in [0.3, 0.4) is 0 Å². The van der Waals surface area contributed by atoms with E-state index >= 15 is 0 Å². The van der Waals surface area contributed by atoms with Gasteiger partial charge in [-0.15, -0.1) is 0 Å². The molecule has 0 spiro atoms. The molecule has 0 radical (unpaired) electrons. The Morgan fingerprint density at radius 1 is 1.06 bits per heavy atom. The Bertz CT molecular complexity index is 222. The van der Waals surface area contributed by atoms with E-state index < -0.39 is 0 Å². The molecule has 0 nitrogen and oxygen atoms in total. The maximum atomic E-state index is 3.89. The minimum Gasteiger partial charge on any atom is -0.0988 e. The summed E-state index contributed by atoms with van der Waals surface area (Å²) in [7, 11) is 0. The van der Waals surface area contributed by atoms with Crippen LogP contribution in [0.15, 0.2) is 24.3 Å². The van der Waals surface area contributed by atoms with Crippen molar-refractivity contribution in [1.29, 1.82) is 0 Å². The third-order valence-electron chi connectivity index (χ3n) is 3.83. The Morgan fingerprint density at radius 2 is 1.72 bits per heavy atom. The highest BCUT2D eigenvalue weighted by molar-refractivity contribution is 5.14. The van der Waals surface area contributed by atoms with Crippen molar-refractivity contribution in [2.24, 2.45) is 11.8 Å². The first-order valence-electron chi connectivity index (χ1n) is 7.91. The molecule has 0 saturated heterocycles. The molecule has 0 heteroatoms. The van der Waals surface area contributed by atoms with Gasteiger partial charge in [-0.1, -0.05) is 83.6 Å². The summed E-state index contributed by atoms with van der Waals surface area (Å²) < 4.78 is 0. The van der Waals surface area contributed by atoms with Gasteiger partial charge in [0.05, 0.1) is 0 Å². The average molecular weight is 250 g/mol. The first-order chi connectivity index (χ1) is 8.63. The zero-order valence-electron chi connectivity index (χ0n) is 13.2. The first-order valence-corrected chi connectivity index (χ1v) is 7.91. The molecule has 0 rings (SSSR count). The smallest absolute Gasteiger partial charge is 0.0280 e. The predicted octanol–water partition coefficient (Wildman–Crippen LogP) is 6.53. The Morgan fingerprint density at radius 3 is 2.22 bits per heavy atom. The maximum Gasteiger partial charge on any atom is -0.0280 e. The van der Waals surface area contributed by atoms with Crippen LogP contribution >= 0.6 is 0 Å². The number of hydrogen-bond acceptors (Lipinski definition) is 0. The summed E-state index contributed by atoms with van der Waals surface area (Å²) in [6.07, 6.45) is 15.2. The molecule has 0 aliphatic rings. The maximum absolute atomic E-state index is 3.89. The normalized spacial score (nSPS) is 13.9. The Labute approximate surface area is 116 Å². The van der Waals surface area contributed by atoms with Crippen LogP contribution in [-0.2, 0) is 0 Å². The lowest BCUT2D eigenvalue weighted by molar-refractivity contribution is 0.378. The minimum atomic E-state index is 0.857. The molecule has 0 aromatic rings. The van der Waals surface area contributed by atoms with Crippen LogP contribution in [0.4, 0.5) is 0 Å². The zero-order chi connectivity index (χ0) is 13.8. The Kier molecular flexibility index (Phi) is 11.2. The van der Waals surface area contributed by atoms with Gasteiger partial charge < -0.3 is 0 Å². The van der Waals surface area contributed by atoms with Gasteiger partial charge in [0.1, 0.15) is 0 Å². The zero-order valence-corrected chi connectivity index (χ0v) is 13.2. The van der Waals surface area contributed by atoms with E-state index in [4.69, 9.17) is 0 Å². The van der Waals surface area contributed by atoms with Crippen LogP contribution in [0, 0.1) is 11.8 Å². The minimum absolute atomic E-state index is 0.857. The summed E-state index contributed by atoms with van der Waals surface area (Å²) in [5, 5.41) is 0. The molecule has 0 aliphatic heterocycles. The van der Waals surface area contributed by atoms with Gasteiger partial charge in [-0.3, -0.25) is 0 Å². The summed E-state index contributed by atoms with van der Waals surface area (Å²) in [6.45, 7) is 13.0. The Balaban J connectivity index is 4.01. The van der Waals surface area contributed by atoms with Crippen molar-refractivity contribution in [1.82, 2.24) is 0 Å². The molecular weight excluding hydrogens is 216 g/mol. The lowest BCUT2D eigenvalue weighted by Gasteiger charge is -2.17. The fourth-order valence-corrected chi connectivity index (χ4v) is 2.48. The highest BCUT2D eigenvalue weighted by Gasteiger charge is 2.09. The van der Waals surface area contributed by atoms with Gasteiger partial charge in [0.25, 0.3) is 0 Å². The van der Waals surface area contributed by atoms with Gasteiger partial charge in [-0.2, -0.15) is 0 Å². The van der Waals surface area contributed by atoms with E-state index in [1.165, 1.54) is 56.9 Å². The molecule has 0 aliphatic carbocycles. The molecular formula is C18H34. The van der Waals surface area contributed by atoms with Gasteiger partial charge in [0, 0.05) is 0 Å². The summed E-state index contributed by atoms with van der Waals surface area (Å²) >= 11 is 0. The molecule has 18 heavy (non-hydrogen) atoms. The highest BCUT2D eigenvalue weighted by Crippen LogP contribution is 2.24. The quantitative estimate of drug-likeness (QED) is 0.366. The first kappa shape index (κ1) is 17.5. The van der Waals surface area contributed by atoms with Crippen LogP contribution in [0.1, 0.15) is 79.1 Å². The second-order valence-corrected chi connectivity index (χ2v) is 5.94. The van der Waals surface area contributed by atoms with E-state index in [0.29, 0.717) is 0 Å². The van der Waals surface area contributed by atoms with Gasteiger partial charge in [0.15, 0.2) is 0 Å². The van der Waals surface area contributed by atoms with Gasteiger partial charge in [0.2, 0.25) is 0 Å². The summed E-state index contributed by atoms with van der Waals surface area (Å²) in [4.78, 5) is 0. The van der Waals surface area contributed by atoms with Gasteiger partial charge in [-0.05, 0) is 31.6 Å². The molecule has 0 fully saturated rings. The third-order valence-corrected chi connectivity index (χ3v) is 3.83. The van der Waals surface area contributed by atoms with E-state index in [1.807, 2.05) is 6.08 Å². The predicted molar refractivity (Wildman–Crippen MR) is 84.9 cm³/mol. The van der Waals surface area contributed by atoms with Crippen molar-refractivity contribution in [3.8, 4) is 0 Å². The molecule has 106 valence electrons. The molecule has 0 aromatic carbocycles. The summed E-state index contributed by atoms with van der Waals surface area (Å²) in [6, 6.07) is 0. The van der Waals surface area contributed by atoms with Crippen LogP contribution in [0.5, 0.6) is 0 Å². The van der Waals surface area contributed by atoms with Crippen molar-refractivity contribution in [3.05, 3.63) is 24.3 Å². The van der Waals surface area contributed by atoms with Crippen LogP contribution in [-0.4, -0.2) is 0 Å². The molecule has 0 N–H and O–H groups in total. The van der Waals surface area contributed by atoms with Crippen molar-refractivity contribution in [3.63, 3.8) is 0 Å². The molecule has 1 unspecified atom stereocenters. The Hall–Kier alpha value is -0.520. The van der Waals surface area contributed by atoms with Crippen molar-refractivity contribution in [2.75, 3.05) is 0 Å². The van der Waals surface area contributed by atoms with E-state index in [-0.39, 0.29) is 0 Å². The lowest BCUT2D eigenvalue weighted by Crippen LogP contribution is -2.02.